The smallest absolute Gasteiger partial charge is 0.341 e. The molecule has 1 aromatic heterocycles. The molecule has 0 aliphatic carbocycles. The van der Waals surface area contributed by atoms with Crippen LogP contribution in [0.1, 0.15) is 10.4 Å². The highest BCUT2D eigenvalue weighted by Gasteiger charge is 2.12. The maximum Gasteiger partial charge on any atom is 0.341 e. The number of aromatic nitrogens is 2. The zero-order chi connectivity index (χ0) is 8.43. The molecule has 0 spiro atoms. The maximum absolute atomic E-state index is 10.5. The minimum absolute atomic E-state index is 0.190. The lowest BCUT2D eigenvalue weighted by atomic mass is 10.3. The number of anilines is 1. The Morgan fingerprint density at radius 3 is 2.73 bits per heavy atom. The number of hydrogen-bond acceptors (Lipinski definition) is 3. The van der Waals surface area contributed by atoms with Crippen molar-refractivity contribution in [3.05, 3.63) is 11.8 Å². The van der Waals surface area contributed by atoms with Crippen molar-refractivity contribution >= 4 is 11.8 Å². The summed E-state index contributed by atoms with van der Waals surface area (Å²) in [5.74, 6) is -0.458. The summed E-state index contributed by atoms with van der Waals surface area (Å²) in [5.41, 5.74) is 0.190. The second-order valence-electron chi connectivity index (χ2n) is 2.33. The largest absolute Gasteiger partial charge is 0.477 e. The molecule has 5 heteroatoms. The Balaban J connectivity index is 3.06. The van der Waals surface area contributed by atoms with Gasteiger partial charge in [0.25, 0.3) is 0 Å². The Morgan fingerprint density at radius 2 is 2.36 bits per heavy atom. The van der Waals surface area contributed by atoms with Crippen LogP contribution in [-0.2, 0) is 0 Å². The average molecular weight is 155 g/mol. The Bertz CT molecular complexity index is 267. The predicted octanol–water partition coefficient (Wildman–Crippen LogP) is 0.174. The first-order chi connectivity index (χ1) is 5.13. The van der Waals surface area contributed by atoms with Gasteiger partial charge in [-0.3, -0.25) is 5.10 Å². The van der Waals surface area contributed by atoms with Gasteiger partial charge in [-0.25, -0.2) is 4.79 Å². The first-order valence-electron chi connectivity index (χ1n) is 3.07. The van der Waals surface area contributed by atoms with E-state index >= 15 is 0 Å². The average Bonchev–Trinajstić information content (AvgIpc) is 2.32. The monoisotopic (exact) mass is 155 g/mol. The standard InChI is InChI=1S/C6H9N3O2/c1-9(2)5-4(6(10)11)3-7-8-5/h3H,1-2H3,(H,7,8)(H,10,11). The molecule has 11 heavy (non-hydrogen) atoms. The van der Waals surface area contributed by atoms with Crippen LogP contribution in [0.5, 0.6) is 0 Å². The van der Waals surface area contributed by atoms with Crippen molar-refractivity contribution in [2.24, 2.45) is 0 Å². The summed E-state index contributed by atoms with van der Waals surface area (Å²) in [4.78, 5) is 12.2. The van der Waals surface area contributed by atoms with Gasteiger partial charge in [-0.05, 0) is 0 Å². The van der Waals surface area contributed by atoms with Crippen LogP contribution >= 0.6 is 0 Å². The zero-order valence-corrected chi connectivity index (χ0v) is 6.33. The summed E-state index contributed by atoms with van der Waals surface area (Å²) in [7, 11) is 3.50. The van der Waals surface area contributed by atoms with Gasteiger partial charge in [-0.2, -0.15) is 5.10 Å². The molecule has 0 amide bonds. The third-order valence-electron chi connectivity index (χ3n) is 1.30. The molecular weight excluding hydrogens is 146 g/mol. The van der Waals surface area contributed by atoms with E-state index in [-0.39, 0.29) is 5.56 Å². The van der Waals surface area contributed by atoms with Gasteiger partial charge >= 0.3 is 5.97 Å². The summed E-state index contributed by atoms with van der Waals surface area (Å²) in [6, 6.07) is 0. The molecule has 0 saturated carbocycles. The van der Waals surface area contributed by atoms with Gasteiger partial charge in [0.1, 0.15) is 11.4 Å². The number of nitrogens with zero attached hydrogens (tertiary/aromatic N) is 2. The van der Waals surface area contributed by atoms with Gasteiger partial charge in [0, 0.05) is 14.1 Å². The van der Waals surface area contributed by atoms with E-state index in [9.17, 15) is 4.79 Å². The lowest BCUT2D eigenvalue weighted by Crippen LogP contribution is -2.13. The van der Waals surface area contributed by atoms with Gasteiger partial charge in [-0.1, -0.05) is 0 Å². The highest BCUT2D eigenvalue weighted by molar-refractivity contribution is 5.92. The van der Waals surface area contributed by atoms with E-state index in [1.54, 1.807) is 19.0 Å². The lowest BCUT2D eigenvalue weighted by molar-refractivity contribution is 0.0697. The van der Waals surface area contributed by atoms with Gasteiger partial charge in [-0.15, -0.1) is 0 Å². The summed E-state index contributed by atoms with van der Waals surface area (Å²) in [6.45, 7) is 0. The first-order valence-corrected chi connectivity index (χ1v) is 3.07. The molecule has 0 bridgehead atoms. The van der Waals surface area contributed by atoms with E-state index in [1.165, 1.54) is 6.20 Å². The van der Waals surface area contributed by atoms with Crippen molar-refractivity contribution in [1.29, 1.82) is 0 Å². The minimum Gasteiger partial charge on any atom is -0.477 e. The zero-order valence-electron chi connectivity index (χ0n) is 6.33. The van der Waals surface area contributed by atoms with Crippen LogP contribution in [0.3, 0.4) is 0 Å². The highest BCUT2D eigenvalue weighted by atomic mass is 16.4. The third kappa shape index (κ3) is 1.31. The quantitative estimate of drug-likeness (QED) is 0.639. The number of rotatable bonds is 2. The van der Waals surface area contributed by atoms with Gasteiger partial charge in [0.15, 0.2) is 0 Å². The van der Waals surface area contributed by atoms with Crippen molar-refractivity contribution in [3.8, 4) is 0 Å². The number of H-pyrrole nitrogens is 1. The number of nitrogens with one attached hydrogen (secondary N) is 1. The number of carboxylic acids is 1. The van der Waals surface area contributed by atoms with Crippen molar-refractivity contribution in [1.82, 2.24) is 10.2 Å². The van der Waals surface area contributed by atoms with Crippen LogP contribution in [0.25, 0.3) is 0 Å². The molecule has 1 heterocycles. The van der Waals surface area contributed by atoms with Crippen molar-refractivity contribution < 1.29 is 9.90 Å². The molecular formula is C6H9N3O2. The molecule has 0 radical (unpaired) electrons. The molecule has 1 aromatic rings. The van der Waals surface area contributed by atoms with Crippen LogP contribution in [0.2, 0.25) is 0 Å². The third-order valence-corrected chi connectivity index (χ3v) is 1.30. The summed E-state index contributed by atoms with van der Waals surface area (Å²) < 4.78 is 0. The van der Waals surface area contributed by atoms with Gasteiger partial charge in [0.2, 0.25) is 0 Å². The van der Waals surface area contributed by atoms with Crippen LogP contribution in [0, 0.1) is 0 Å². The Morgan fingerprint density at radius 1 is 1.73 bits per heavy atom. The molecule has 0 aliphatic rings. The number of aromatic amines is 1. The predicted molar refractivity (Wildman–Crippen MR) is 39.9 cm³/mol. The summed E-state index contributed by atoms with van der Waals surface area (Å²) in [5, 5.41) is 14.8. The fraction of sp³-hybridized carbons (Fsp3) is 0.333. The van der Waals surface area contributed by atoms with E-state index in [0.717, 1.165) is 0 Å². The Labute approximate surface area is 63.6 Å². The van der Waals surface area contributed by atoms with Crippen molar-refractivity contribution in [3.63, 3.8) is 0 Å². The normalized spacial score (nSPS) is 9.64. The highest BCUT2D eigenvalue weighted by Crippen LogP contribution is 2.12. The molecule has 0 aliphatic heterocycles. The second-order valence-corrected chi connectivity index (χ2v) is 2.33. The number of carbonyl (C=O) groups is 1. The van der Waals surface area contributed by atoms with Gasteiger partial charge < -0.3 is 10.0 Å². The molecule has 1 rings (SSSR count). The Kier molecular flexibility index (Phi) is 1.80. The second kappa shape index (κ2) is 2.61. The topological polar surface area (TPSA) is 69.2 Å². The SMILES string of the molecule is CN(C)c1[nH]ncc1C(=O)O. The van der Waals surface area contributed by atoms with Crippen LogP contribution < -0.4 is 4.90 Å². The molecule has 0 atom stereocenters. The molecule has 0 unspecified atom stereocenters. The van der Waals surface area contributed by atoms with Crippen LogP contribution in [-0.4, -0.2) is 35.4 Å². The van der Waals surface area contributed by atoms with E-state index < -0.39 is 5.97 Å². The number of hydrogen-bond donors (Lipinski definition) is 2. The van der Waals surface area contributed by atoms with Crippen molar-refractivity contribution in [2.75, 3.05) is 19.0 Å². The Hall–Kier alpha value is -1.52. The molecule has 0 fully saturated rings. The number of carboxylic acid groups (broad SMARTS) is 1. The van der Waals surface area contributed by atoms with E-state index in [1.807, 2.05) is 0 Å². The number of aromatic carboxylic acids is 1. The van der Waals surface area contributed by atoms with E-state index in [0.29, 0.717) is 5.82 Å². The molecule has 2 N–H and O–H groups in total. The first kappa shape index (κ1) is 7.59. The van der Waals surface area contributed by atoms with E-state index in [2.05, 4.69) is 10.2 Å². The molecule has 5 nitrogen and oxygen atoms in total. The van der Waals surface area contributed by atoms with Crippen LogP contribution in [0.15, 0.2) is 6.20 Å². The summed E-state index contributed by atoms with van der Waals surface area (Å²) in [6.07, 6.45) is 1.29. The fourth-order valence-electron chi connectivity index (χ4n) is 0.777. The lowest BCUT2D eigenvalue weighted by Gasteiger charge is -2.09. The molecule has 60 valence electrons. The molecule has 0 aromatic carbocycles. The van der Waals surface area contributed by atoms with E-state index in [4.69, 9.17) is 5.11 Å². The van der Waals surface area contributed by atoms with Crippen molar-refractivity contribution in [2.45, 2.75) is 0 Å². The van der Waals surface area contributed by atoms with Gasteiger partial charge in [0.05, 0.1) is 6.20 Å². The van der Waals surface area contributed by atoms with Crippen LogP contribution in [0.4, 0.5) is 5.82 Å². The summed E-state index contributed by atoms with van der Waals surface area (Å²) >= 11 is 0. The minimum atomic E-state index is -0.970. The molecule has 0 saturated heterocycles. The fourth-order valence-corrected chi connectivity index (χ4v) is 0.777. The maximum atomic E-state index is 10.5.